The van der Waals surface area contributed by atoms with Crippen LogP contribution in [0, 0.1) is 0 Å². The van der Waals surface area contributed by atoms with Crippen LogP contribution in [0.5, 0.6) is 0 Å². The summed E-state index contributed by atoms with van der Waals surface area (Å²) in [6, 6.07) is 11.5. The molecule has 2 aromatic carbocycles. The molecule has 1 aromatic heterocycles. The van der Waals surface area contributed by atoms with Gasteiger partial charge in [-0.05, 0) is 36.4 Å². The Hall–Kier alpha value is -3.14. The third-order valence-corrected chi connectivity index (χ3v) is 5.15. The molecule has 0 aliphatic heterocycles. The number of nitrogens with one attached hydrogen (secondary N) is 1. The topological polar surface area (TPSA) is 80.6 Å². The van der Waals surface area contributed by atoms with E-state index in [0.717, 1.165) is 24.3 Å². The van der Waals surface area contributed by atoms with Crippen molar-refractivity contribution >= 4 is 32.8 Å². The molecule has 3 rings (SSSR count). The second-order valence-electron chi connectivity index (χ2n) is 5.66. The van der Waals surface area contributed by atoms with Crippen molar-refractivity contribution in [3.05, 3.63) is 65.9 Å². The van der Waals surface area contributed by atoms with Gasteiger partial charge < -0.3 is 4.84 Å². The van der Waals surface area contributed by atoms with Gasteiger partial charge in [-0.25, -0.2) is 13.4 Å². The number of benzene rings is 2. The van der Waals surface area contributed by atoms with Crippen LogP contribution in [0.25, 0.3) is 10.9 Å². The second-order valence-corrected chi connectivity index (χ2v) is 7.34. The summed E-state index contributed by atoms with van der Waals surface area (Å²) in [6.45, 7) is 0. The van der Waals surface area contributed by atoms with E-state index in [2.05, 4.69) is 19.7 Å². The van der Waals surface area contributed by atoms with Crippen LogP contribution in [-0.2, 0) is 21.0 Å². The number of pyridine rings is 1. The van der Waals surface area contributed by atoms with Crippen LogP contribution < -0.4 is 4.72 Å². The van der Waals surface area contributed by atoms with Crippen LogP contribution in [0.3, 0.4) is 0 Å². The lowest BCUT2D eigenvalue weighted by molar-refractivity contribution is -0.137. The molecule has 0 amide bonds. The van der Waals surface area contributed by atoms with Gasteiger partial charge in [0.05, 0.1) is 33.6 Å². The van der Waals surface area contributed by atoms with E-state index in [1.807, 2.05) is 0 Å². The number of aromatic nitrogens is 1. The predicted octanol–water partition coefficient (Wildman–Crippen LogP) is 4.03. The highest BCUT2D eigenvalue weighted by Crippen LogP contribution is 2.30. The van der Waals surface area contributed by atoms with Crippen LogP contribution in [0.1, 0.15) is 11.3 Å². The highest BCUT2D eigenvalue weighted by Gasteiger charge is 2.30. The summed E-state index contributed by atoms with van der Waals surface area (Å²) in [5.41, 5.74) is 0.0546. The maximum Gasteiger partial charge on any atom is 0.416 e. The molecule has 0 bridgehead atoms. The first kappa shape index (κ1) is 19.6. The Labute approximate surface area is 158 Å². The Balaban J connectivity index is 1.97. The molecule has 1 N–H and O–H groups in total. The van der Waals surface area contributed by atoms with E-state index >= 15 is 0 Å². The molecule has 146 valence electrons. The zero-order chi connectivity index (χ0) is 20.4. The largest absolute Gasteiger partial charge is 0.416 e. The fourth-order valence-electron chi connectivity index (χ4n) is 2.45. The summed E-state index contributed by atoms with van der Waals surface area (Å²) in [5.74, 6) is 0. The molecule has 0 spiro atoms. The van der Waals surface area contributed by atoms with Crippen molar-refractivity contribution in [3.63, 3.8) is 0 Å². The van der Waals surface area contributed by atoms with E-state index in [0.29, 0.717) is 16.6 Å². The monoisotopic (exact) mass is 409 g/mol. The molecule has 0 unspecified atom stereocenters. The number of alkyl halides is 3. The SMILES string of the molecule is CO/N=C/c1ccc2cccc(NS(=O)(=O)c3ccc(C(F)(F)F)cc3)c2n1. The number of oxime groups is 1. The number of para-hydroxylation sites is 1. The number of anilines is 1. The fraction of sp³-hybridized carbons (Fsp3) is 0.111. The summed E-state index contributed by atoms with van der Waals surface area (Å²) in [4.78, 5) is 8.63. The molecule has 0 atom stereocenters. The third-order valence-electron chi connectivity index (χ3n) is 3.77. The molecule has 0 aliphatic carbocycles. The Kier molecular flexibility index (Phi) is 5.23. The smallest absolute Gasteiger partial charge is 0.399 e. The lowest BCUT2D eigenvalue weighted by atomic mass is 10.2. The number of hydrogen-bond acceptors (Lipinski definition) is 5. The van der Waals surface area contributed by atoms with Gasteiger partial charge in [0.25, 0.3) is 10.0 Å². The Bertz CT molecular complexity index is 1130. The highest BCUT2D eigenvalue weighted by molar-refractivity contribution is 7.92. The van der Waals surface area contributed by atoms with Gasteiger partial charge in [-0.3, -0.25) is 4.72 Å². The van der Waals surface area contributed by atoms with Crippen LogP contribution in [-0.4, -0.2) is 26.7 Å². The Morgan fingerprint density at radius 1 is 1.07 bits per heavy atom. The standard InChI is InChI=1S/C18H14F3N3O3S/c1-27-22-11-14-8-5-12-3-2-4-16(17(12)23-14)24-28(25,26)15-9-6-13(7-10-15)18(19,20)21/h2-11,24H,1H3/b22-11+. The normalized spacial score (nSPS) is 12.4. The maximum atomic E-state index is 12.7. The van der Waals surface area contributed by atoms with Crippen molar-refractivity contribution in [2.75, 3.05) is 11.8 Å². The Morgan fingerprint density at radius 2 is 1.79 bits per heavy atom. The van der Waals surface area contributed by atoms with Crippen LogP contribution in [0.4, 0.5) is 18.9 Å². The van der Waals surface area contributed by atoms with Gasteiger partial charge in [-0.15, -0.1) is 0 Å². The molecular formula is C18H14F3N3O3S. The number of halogens is 3. The van der Waals surface area contributed by atoms with Gasteiger partial charge in [-0.1, -0.05) is 23.4 Å². The van der Waals surface area contributed by atoms with E-state index in [4.69, 9.17) is 0 Å². The second kappa shape index (κ2) is 7.47. The van der Waals surface area contributed by atoms with Crippen molar-refractivity contribution in [2.24, 2.45) is 5.16 Å². The molecule has 0 aliphatic rings. The average Bonchev–Trinajstić information content (AvgIpc) is 2.66. The molecule has 0 fully saturated rings. The third kappa shape index (κ3) is 4.22. The van der Waals surface area contributed by atoms with Gasteiger partial charge in [0.15, 0.2) is 0 Å². The molecule has 1 heterocycles. The van der Waals surface area contributed by atoms with E-state index in [1.54, 1.807) is 24.3 Å². The molecule has 0 radical (unpaired) electrons. The Morgan fingerprint density at radius 3 is 2.43 bits per heavy atom. The molecule has 10 heteroatoms. The molecule has 28 heavy (non-hydrogen) atoms. The maximum absolute atomic E-state index is 12.7. The van der Waals surface area contributed by atoms with E-state index < -0.39 is 21.8 Å². The minimum atomic E-state index is -4.55. The van der Waals surface area contributed by atoms with E-state index in [-0.39, 0.29) is 10.6 Å². The van der Waals surface area contributed by atoms with Gasteiger partial charge >= 0.3 is 6.18 Å². The molecular weight excluding hydrogens is 395 g/mol. The van der Waals surface area contributed by atoms with Gasteiger partial charge in [-0.2, -0.15) is 13.2 Å². The zero-order valence-electron chi connectivity index (χ0n) is 14.4. The molecule has 0 saturated carbocycles. The van der Waals surface area contributed by atoms with Crippen molar-refractivity contribution < 1.29 is 26.4 Å². The summed E-state index contributed by atoms with van der Waals surface area (Å²) >= 11 is 0. The van der Waals surface area contributed by atoms with Gasteiger partial charge in [0, 0.05) is 5.39 Å². The van der Waals surface area contributed by atoms with E-state index in [9.17, 15) is 21.6 Å². The molecule has 0 saturated heterocycles. The summed E-state index contributed by atoms with van der Waals surface area (Å²) in [7, 11) is -2.74. The lowest BCUT2D eigenvalue weighted by Gasteiger charge is -2.12. The molecule has 6 nitrogen and oxygen atoms in total. The van der Waals surface area contributed by atoms with Gasteiger partial charge in [0.1, 0.15) is 7.11 Å². The summed E-state index contributed by atoms with van der Waals surface area (Å²) in [6.07, 6.45) is -3.18. The number of hydrogen-bond donors (Lipinski definition) is 1. The number of rotatable bonds is 5. The van der Waals surface area contributed by atoms with Crippen LogP contribution in [0.15, 0.2) is 64.6 Å². The first-order valence-electron chi connectivity index (χ1n) is 7.87. The number of fused-ring (bicyclic) bond motifs is 1. The van der Waals surface area contributed by atoms with Crippen molar-refractivity contribution in [3.8, 4) is 0 Å². The first-order valence-corrected chi connectivity index (χ1v) is 9.35. The zero-order valence-corrected chi connectivity index (χ0v) is 15.3. The average molecular weight is 409 g/mol. The number of nitrogens with zero attached hydrogens (tertiary/aromatic N) is 2. The van der Waals surface area contributed by atoms with Crippen LogP contribution in [0.2, 0.25) is 0 Å². The minimum Gasteiger partial charge on any atom is -0.399 e. The predicted molar refractivity (Wildman–Crippen MR) is 98.6 cm³/mol. The number of sulfonamides is 1. The minimum absolute atomic E-state index is 0.185. The summed E-state index contributed by atoms with van der Waals surface area (Å²) in [5, 5.41) is 4.28. The van der Waals surface area contributed by atoms with Crippen LogP contribution >= 0.6 is 0 Å². The molecule has 3 aromatic rings. The van der Waals surface area contributed by atoms with Crippen molar-refractivity contribution in [1.29, 1.82) is 0 Å². The summed E-state index contributed by atoms with van der Waals surface area (Å²) < 4.78 is 65.6. The van der Waals surface area contributed by atoms with Crippen molar-refractivity contribution in [2.45, 2.75) is 11.1 Å². The quantitative estimate of drug-likeness (QED) is 0.510. The first-order chi connectivity index (χ1) is 13.2. The van der Waals surface area contributed by atoms with Crippen molar-refractivity contribution in [1.82, 2.24) is 4.98 Å². The lowest BCUT2D eigenvalue weighted by Crippen LogP contribution is -2.14. The van der Waals surface area contributed by atoms with E-state index in [1.165, 1.54) is 19.4 Å². The fourth-order valence-corrected chi connectivity index (χ4v) is 3.52. The van der Waals surface area contributed by atoms with Gasteiger partial charge in [0.2, 0.25) is 0 Å². The highest BCUT2D eigenvalue weighted by atomic mass is 32.2.